The number of rotatable bonds is 3. The van der Waals surface area contributed by atoms with Crippen LogP contribution < -0.4 is 5.32 Å². The molecule has 2 aliphatic rings. The smallest absolute Gasteiger partial charge is 0.317 e. The van der Waals surface area contributed by atoms with Crippen LogP contribution in [0.1, 0.15) is 39.0 Å². The summed E-state index contributed by atoms with van der Waals surface area (Å²) in [6.07, 6.45) is 5.09. The average molecular weight is 269 g/mol. The molecule has 2 saturated heterocycles. The largest absolute Gasteiger partial charge is 0.391 e. The van der Waals surface area contributed by atoms with Crippen molar-refractivity contribution in [3.8, 4) is 0 Å². The molecule has 2 rings (SSSR count). The maximum Gasteiger partial charge on any atom is 0.317 e. The van der Waals surface area contributed by atoms with Gasteiger partial charge in [0, 0.05) is 25.7 Å². The third-order valence-electron chi connectivity index (χ3n) is 4.33. The van der Waals surface area contributed by atoms with Crippen LogP contribution in [-0.4, -0.2) is 65.8 Å². The number of aliphatic hydroxyl groups excluding tert-OH is 1. The number of hydrogen-bond acceptors (Lipinski definition) is 3. The van der Waals surface area contributed by atoms with E-state index in [1.54, 1.807) is 4.90 Å². The number of nitrogens with zero attached hydrogens (tertiary/aromatic N) is 2. The molecule has 19 heavy (non-hydrogen) atoms. The summed E-state index contributed by atoms with van der Waals surface area (Å²) in [4.78, 5) is 16.3. The SMILES string of the molecule is CCN1CCCCC1CNC(=O)N1CCCC(O)C1. The molecule has 0 saturated carbocycles. The molecule has 2 N–H and O–H groups in total. The van der Waals surface area contributed by atoms with Crippen LogP contribution >= 0.6 is 0 Å². The lowest BCUT2D eigenvalue weighted by Gasteiger charge is -2.36. The van der Waals surface area contributed by atoms with Crippen LogP contribution in [0.2, 0.25) is 0 Å². The number of nitrogens with one attached hydrogen (secondary N) is 1. The Hall–Kier alpha value is -0.810. The van der Waals surface area contributed by atoms with Crippen molar-refractivity contribution in [3.63, 3.8) is 0 Å². The minimum Gasteiger partial charge on any atom is -0.391 e. The molecule has 2 heterocycles. The Bertz CT molecular complexity index is 298. The minimum atomic E-state index is -0.346. The molecule has 0 bridgehead atoms. The summed E-state index contributed by atoms with van der Waals surface area (Å²) in [5.41, 5.74) is 0. The maximum absolute atomic E-state index is 12.1. The number of β-amino-alcohol motifs (C(OH)–C–C–N with tert-alkyl or cyclic N) is 1. The highest BCUT2D eigenvalue weighted by molar-refractivity contribution is 5.74. The Morgan fingerprint density at radius 1 is 1.26 bits per heavy atom. The van der Waals surface area contributed by atoms with Gasteiger partial charge in [0.1, 0.15) is 0 Å². The van der Waals surface area contributed by atoms with E-state index >= 15 is 0 Å². The van der Waals surface area contributed by atoms with E-state index in [1.165, 1.54) is 19.3 Å². The topological polar surface area (TPSA) is 55.8 Å². The first kappa shape index (κ1) is 14.6. The van der Waals surface area contributed by atoms with Crippen molar-refractivity contribution in [2.24, 2.45) is 0 Å². The molecule has 0 aliphatic carbocycles. The van der Waals surface area contributed by atoms with Gasteiger partial charge in [0.05, 0.1) is 6.10 Å². The average Bonchev–Trinajstić information content (AvgIpc) is 2.45. The van der Waals surface area contributed by atoms with Crippen LogP contribution in [0.3, 0.4) is 0 Å². The molecule has 2 amide bonds. The number of likely N-dealkylation sites (N-methyl/N-ethyl adjacent to an activating group) is 1. The monoisotopic (exact) mass is 269 g/mol. The fraction of sp³-hybridized carbons (Fsp3) is 0.929. The normalized spacial score (nSPS) is 29.3. The van der Waals surface area contributed by atoms with E-state index in [-0.39, 0.29) is 12.1 Å². The van der Waals surface area contributed by atoms with Gasteiger partial charge in [-0.25, -0.2) is 4.79 Å². The van der Waals surface area contributed by atoms with Gasteiger partial charge in [-0.3, -0.25) is 4.90 Å². The number of amides is 2. The summed E-state index contributed by atoms with van der Waals surface area (Å²) in [6.45, 7) is 6.38. The first-order chi connectivity index (χ1) is 9.20. The van der Waals surface area contributed by atoms with E-state index in [0.717, 1.165) is 39.0 Å². The number of carbonyl (C=O) groups is 1. The van der Waals surface area contributed by atoms with Crippen LogP contribution in [0, 0.1) is 0 Å². The second-order valence-electron chi connectivity index (χ2n) is 5.71. The van der Waals surface area contributed by atoms with E-state index in [0.29, 0.717) is 12.6 Å². The number of carbonyl (C=O) groups excluding carboxylic acids is 1. The third kappa shape index (κ3) is 4.08. The number of hydrogen-bond donors (Lipinski definition) is 2. The summed E-state index contributed by atoms with van der Waals surface area (Å²) < 4.78 is 0. The Balaban J connectivity index is 1.75. The van der Waals surface area contributed by atoms with Gasteiger partial charge in [-0.1, -0.05) is 13.3 Å². The summed E-state index contributed by atoms with van der Waals surface area (Å²) in [6, 6.07) is 0.470. The maximum atomic E-state index is 12.1. The van der Waals surface area contributed by atoms with Gasteiger partial charge in [0.15, 0.2) is 0 Å². The molecule has 110 valence electrons. The Labute approximate surface area is 115 Å². The van der Waals surface area contributed by atoms with Crippen molar-refractivity contribution < 1.29 is 9.90 Å². The first-order valence-corrected chi connectivity index (χ1v) is 7.65. The van der Waals surface area contributed by atoms with E-state index in [9.17, 15) is 9.90 Å². The minimum absolute atomic E-state index is 0.0135. The van der Waals surface area contributed by atoms with E-state index in [2.05, 4.69) is 17.1 Å². The molecule has 0 radical (unpaired) electrons. The van der Waals surface area contributed by atoms with Crippen LogP contribution in [0.25, 0.3) is 0 Å². The zero-order valence-corrected chi connectivity index (χ0v) is 12.0. The highest BCUT2D eigenvalue weighted by atomic mass is 16.3. The molecule has 0 aromatic heterocycles. The quantitative estimate of drug-likeness (QED) is 0.804. The van der Waals surface area contributed by atoms with E-state index < -0.39 is 0 Å². The van der Waals surface area contributed by atoms with Gasteiger partial charge in [-0.15, -0.1) is 0 Å². The number of urea groups is 1. The van der Waals surface area contributed by atoms with E-state index in [1.807, 2.05) is 0 Å². The van der Waals surface area contributed by atoms with Crippen molar-refractivity contribution in [3.05, 3.63) is 0 Å². The second-order valence-corrected chi connectivity index (χ2v) is 5.71. The Morgan fingerprint density at radius 3 is 2.84 bits per heavy atom. The third-order valence-corrected chi connectivity index (χ3v) is 4.33. The molecule has 2 atom stereocenters. The van der Waals surface area contributed by atoms with Gasteiger partial charge < -0.3 is 15.3 Å². The van der Waals surface area contributed by atoms with Crippen molar-refractivity contribution in [2.45, 2.75) is 51.2 Å². The summed E-state index contributed by atoms with van der Waals surface area (Å²) in [5.74, 6) is 0. The molecule has 5 heteroatoms. The molecular formula is C14H27N3O2. The van der Waals surface area contributed by atoms with Crippen LogP contribution in [0.4, 0.5) is 4.79 Å². The fourth-order valence-corrected chi connectivity index (χ4v) is 3.16. The molecule has 0 aromatic carbocycles. The number of likely N-dealkylation sites (tertiary alicyclic amines) is 2. The van der Waals surface area contributed by atoms with Crippen molar-refractivity contribution in [2.75, 3.05) is 32.7 Å². The lowest BCUT2D eigenvalue weighted by molar-refractivity contribution is 0.0824. The Morgan fingerprint density at radius 2 is 2.11 bits per heavy atom. The van der Waals surface area contributed by atoms with Crippen molar-refractivity contribution in [1.82, 2.24) is 15.1 Å². The molecule has 0 aromatic rings. The zero-order valence-electron chi connectivity index (χ0n) is 12.0. The van der Waals surface area contributed by atoms with Gasteiger partial charge >= 0.3 is 6.03 Å². The lowest BCUT2D eigenvalue weighted by Crippen LogP contribution is -2.51. The molecule has 2 fully saturated rings. The van der Waals surface area contributed by atoms with Gasteiger partial charge in [-0.05, 0) is 38.8 Å². The standard InChI is InChI=1S/C14H27N3O2/c1-2-16-8-4-3-6-12(16)10-15-14(19)17-9-5-7-13(18)11-17/h12-13,18H,2-11H2,1H3,(H,15,19). The van der Waals surface area contributed by atoms with Crippen LogP contribution in [0.15, 0.2) is 0 Å². The molecule has 0 spiro atoms. The first-order valence-electron chi connectivity index (χ1n) is 7.65. The highest BCUT2D eigenvalue weighted by Crippen LogP contribution is 2.16. The predicted molar refractivity (Wildman–Crippen MR) is 75.1 cm³/mol. The van der Waals surface area contributed by atoms with Crippen LogP contribution in [0.5, 0.6) is 0 Å². The molecule has 5 nitrogen and oxygen atoms in total. The summed E-state index contributed by atoms with van der Waals surface area (Å²) in [7, 11) is 0. The lowest BCUT2D eigenvalue weighted by atomic mass is 10.0. The van der Waals surface area contributed by atoms with Gasteiger partial charge in [0.25, 0.3) is 0 Å². The van der Waals surface area contributed by atoms with Gasteiger partial charge in [0.2, 0.25) is 0 Å². The summed E-state index contributed by atoms with van der Waals surface area (Å²) >= 11 is 0. The molecule has 2 aliphatic heterocycles. The Kier molecular flexibility index (Phi) is 5.45. The highest BCUT2D eigenvalue weighted by Gasteiger charge is 2.24. The van der Waals surface area contributed by atoms with E-state index in [4.69, 9.17) is 0 Å². The number of aliphatic hydroxyl groups is 1. The van der Waals surface area contributed by atoms with Crippen molar-refractivity contribution >= 4 is 6.03 Å². The predicted octanol–water partition coefficient (Wildman–Crippen LogP) is 1.03. The molecular weight excluding hydrogens is 242 g/mol. The van der Waals surface area contributed by atoms with Crippen LogP contribution in [-0.2, 0) is 0 Å². The van der Waals surface area contributed by atoms with Gasteiger partial charge in [-0.2, -0.15) is 0 Å². The molecule has 2 unspecified atom stereocenters. The fourth-order valence-electron chi connectivity index (χ4n) is 3.16. The second kappa shape index (κ2) is 7.10. The summed E-state index contributed by atoms with van der Waals surface area (Å²) in [5, 5.41) is 12.6. The zero-order chi connectivity index (χ0) is 13.7. The number of piperidine rings is 2. The van der Waals surface area contributed by atoms with Crippen molar-refractivity contribution in [1.29, 1.82) is 0 Å².